The molecule has 6 nitrogen and oxygen atoms in total. The van der Waals surface area contributed by atoms with Crippen molar-refractivity contribution < 1.29 is 14.6 Å². The quantitative estimate of drug-likeness (QED) is 0.899. The number of aliphatic hydroxyl groups excluding tert-OH is 1. The number of hydrogen-bond donors (Lipinski definition) is 1. The second kappa shape index (κ2) is 6.38. The van der Waals surface area contributed by atoms with Gasteiger partial charge in [0.1, 0.15) is 0 Å². The lowest BCUT2D eigenvalue weighted by Crippen LogP contribution is -2.41. The monoisotopic (exact) mass is 307 g/mol. The maximum Gasteiger partial charge on any atom is 0.274 e. The Labute approximate surface area is 131 Å². The summed E-state index contributed by atoms with van der Waals surface area (Å²) in [6.45, 7) is 7.52. The zero-order valence-corrected chi connectivity index (χ0v) is 13.4. The van der Waals surface area contributed by atoms with Gasteiger partial charge >= 0.3 is 0 Å². The number of fused-ring (bicyclic) bond motifs is 1. The molecule has 1 aromatic rings. The van der Waals surface area contributed by atoms with E-state index in [1.54, 1.807) is 0 Å². The van der Waals surface area contributed by atoms with E-state index in [0.29, 0.717) is 44.3 Å². The summed E-state index contributed by atoms with van der Waals surface area (Å²) in [5.74, 6) is 0.457. The van der Waals surface area contributed by atoms with Gasteiger partial charge in [0.15, 0.2) is 5.69 Å². The van der Waals surface area contributed by atoms with Gasteiger partial charge in [-0.3, -0.25) is 9.48 Å². The predicted octanol–water partition coefficient (Wildman–Crippen LogP) is 0.861. The minimum absolute atomic E-state index is 0.0174. The molecule has 1 amide bonds. The summed E-state index contributed by atoms with van der Waals surface area (Å²) in [6, 6.07) is 0. The predicted molar refractivity (Wildman–Crippen MR) is 81.8 cm³/mol. The lowest BCUT2D eigenvalue weighted by molar-refractivity contribution is 0.0297. The molecule has 0 saturated carbocycles. The van der Waals surface area contributed by atoms with E-state index >= 15 is 0 Å². The van der Waals surface area contributed by atoms with E-state index in [-0.39, 0.29) is 12.0 Å². The second-order valence-corrected chi connectivity index (χ2v) is 6.65. The van der Waals surface area contributed by atoms with Crippen LogP contribution in [0.15, 0.2) is 0 Å². The topological polar surface area (TPSA) is 67.6 Å². The molecule has 6 heteroatoms. The Kier molecular flexibility index (Phi) is 4.49. The highest BCUT2D eigenvalue weighted by atomic mass is 16.5. The molecule has 0 bridgehead atoms. The minimum Gasteiger partial charge on any atom is -0.393 e. The van der Waals surface area contributed by atoms with E-state index in [1.165, 1.54) is 0 Å². The van der Waals surface area contributed by atoms with Crippen LogP contribution in [0.3, 0.4) is 0 Å². The van der Waals surface area contributed by atoms with Gasteiger partial charge in [-0.2, -0.15) is 5.10 Å². The highest BCUT2D eigenvalue weighted by Gasteiger charge is 2.31. The summed E-state index contributed by atoms with van der Waals surface area (Å²) in [7, 11) is 0. The third-order valence-electron chi connectivity index (χ3n) is 4.36. The molecule has 1 aliphatic heterocycles. The van der Waals surface area contributed by atoms with E-state index in [0.717, 1.165) is 30.6 Å². The molecule has 122 valence electrons. The summed E-state index contributed by atoms with van der Waals surface area (Å²) in [6.07, 6.45) is 1.73. The largest absolute Gasteiger partial charge is 0.393 e. The Morgan fingerprint density at radius 2 is 2.14 bits per heavy atom. The number of rotatable bonds is 3. The van der Waals surface area contributed by atoms with Gasteiger partial charge < -0.3 is 14.7 Å². The van der Waals surface area contributed by atoms with Gasteiger partial charge in [-0.25, -0.2) is 0 Å². The zero-order valence-electron chi connectivity index (χ0n) is 13.4. The van der Waals surface area contributed by atoms with E-state index in [9.17, 15) is 9.90 Å². The number of nitrogens with zero attached hydrogens (tertiary/aromatic N) is 3. The summed E-state index contributed by atoms with van der Waals surface area (Å²) in [5, 5.41) is 14.6. The lowest BCUT2D eigenvalue weighted by Gasteiger charge is -2.27. The van der Waals surface area contributed by atoms with E-state index in [4.69, 9.17) is 4.74 Å². The number of aromatic nitrogens is 2. The van der Waals surface area contributed by atoms with Crippen molar-refractivity contribution in [1.29, 1.82) is 0 Å². The van der Waals surface area contributed by atoms with Crippen molar-refractivity contribution in [2.75, 3.05) is 26.3 Å². The van der Waals surface area contributed by atoms with Crippen molar-refractivity contribution in [2.24, 2.45) is 5.92 Å². The molecule has 1 N–H and O–H groups in total. The smallest absolute Gasteiger partial charge is 0.274 e. The third-order valence-corrected chi connectivity index (χ3v) is 4.36. The number of amides is 1. The molecule has 22 heavy (non-hydrogen) atoms. The highest BCUT2D eigenvalue weighted by molar-refractivity contribution is 5.94. The molecular weight excluding hydrogens is 282 g/mol. The standard InChI is InChI=1S/C16H25N3O3/c1-11(2)10-19-14-4-3-12(20)9-13(14)15(17-19)16(21)18-5-7-22-8-6-18/h11-12,20H,3-10H2,1-2H3. The van der Waals surface area contributed by atoms with E-state index in [2.05, 4.69) is 18.9 Å². The molecule has 0 aromatic carbocycles. The van der Waals surface area contributed by atoms with Crippen LogP contribution in [0.2, 0.25) is 0 Å². The number of morpholine rings is 1. The minimum atomic E-state index is -0.361. The van der Waals surface area contributed by atoms with E-state index in [1.807, 2.05) is 9.58 Å². The van der Waals surface area contributed by atoms with E-state index < -0.39 is 0 Å². The number of hydrogen-bond acceptors (Lipinski definition) is 4. The molecule has 2 heterocycles. The molecule has 0 radical (unpaired) electrons. The molecule has 2 aliphatic rings. The van der Waals surface area contributed by atoms with Crippen molar-refractivity contribution >= 4 is 5.91 Å². The van der Waals surface area contributed by atoms with Crippen LogP contribution in [0.5, 0.6) is 0 Å². The fourth-order valence-electron chi connectivity index (χ4n) is 3.25. The van der Waals surface area contributed by atoms with Crippen molar-refractivity contribution in [3.63, 3.8) is 0 Å². The first-order valence-corrected chi connectivity index (χ1v) is 8.20. The fourth-order valence-corrected chi connectivity index (χ4v) is 3.25. The summed E-state index contributed by atoms with van der Waals surface area (Å²) in [4.78, 5) is 14.6. The first-order chi connectivity index (χ1) is 10.6. The molecule has 1 fully saturated rings. The summed E-state index contributed by atoms with van der Waals surface area (Å²) in [5.41, 5.74) is 2.63. The Morgan fingerprint density at radius 1 is 1.41 bits per heavy atom. The second-order valence-electron chi connectivity index (χ2n) is 6.65. The molecular formula is C16H25N3O3. The molecule has 1 unspecified atom stereocenters. The van der Waals surface area contributed by atoms with Crippen LogP contribution in [-0.4, -0.2) is 58.1 Å². The van der Waals surface area contributed by atoms with Crippen LogP contribution in [-0.2, 0) is 24.1 Å². The average Bonchev–Trinajstić information content (AvgIpc) is 2.84. The Balaban J connectivity index is 1.92. The SMILES string of the molecule is CC(C)Cn1nc(C(=O)N2CCOCC2)c2c1CCC(O)C2. The summed E-state index contributed by atoms with van der Waals surface area (Å²) < 4.78 is 7.30. The Hall–Kier alpha value is -1.40. The van der Waals surface area contributed by atoms with Crippen molar-refractivity contribution in [2.45, 2.75) is 45.8 Å². The van der Waals surface area contributed by atoms with Gasteiger partial charge in [0.05, 0.1) is 19.3 Å². The van der Waals surface area contributed by atoms with Crippen LogP contribution in [0.4, 0.5) is 0 Å². The van der Waals surface area contributed by atoms with Crippen LogP contribution < -0.4 is 0 Å². The van der Waals surface area contributed by atoms with Gasteiger partial charge in [-0.15, -0.1) is 0 Å². The normalized spacial score (nSPS) is 22.0. The molecule has 1 atom stereocenters. The molecule has 1 saturated heterocycles. The first-order valence-electron chi connectivity index (χ1n) is 8.20. The van der Waals surface area contributed by atoms with Gasteiger partial charge in [0.25, 0.3) is 5.91 Å². The Morgan fingerprint density at radius 3 is 2.82 bits per heavy atom. The van der Waals surface area contributed by atoms with Crippen LogP contribution in [0.25, 0.3) is 0 Å². The maximum atomic E-state index is 12.8. The highest BCUT2D eigenvalue weighted by Crippen LogP contribution is 2.26. The van der Waals surface area contributed by atoms with Gasteiger partial charge in [0.2, 0.25) is 0 Å². The van der Waals surface area contributed by atoms with Crippen molar-refractivity contribution in [3.05, 3.63) is 17.0 Å². The van der Waals surface area contributed by atoms with Crippen LogP contribution in [0, 0.1) is 5.92 Å². The van der Waals surface area contributed by atoms with Crippen molar-refractivity contribution in [1.82, 2.24) is 14.7 Å². The van der Waals surface area contributed by atoms with Gasteiger partial charge in [-0.1, -0.05) is 13.8 Å². The van der Waals surface area contributed by atoms with Crippen LogP contribution >= 0.6 is 0 Å². The number of carbonyl (C=O) groups excluding carboxylic acids is 1. The fraction of sp³-hybridized carbons (Fsp3) is 0.750. The molecule has 0 spiro atoms. The molecule has 1 aromatic heterocycles. The van der Waals surface area contributed by atoms with Crippen LogP contribution in [0.1, 0.15) is 42.0 Å². The average molecular weight is 307 g/mol. The number of aliphatic hydroxyl groups is 1. The van der Waals surface area contributed by atoms with Gasteiger partial charge in [0, 0.05) is 37.3 Å². The lowest BCUT2D eigenvalue weighted by atomic mass is 9.93. The van der Waals surface area contributed by atoms with Crippen molar-refractivity contribution in [3.8, 4) is 0 Å². The Bertz CT molecular complexity index is 547. The summed E-state index contributed by atoms with van der Waals surface area (Å²) >= 11 is 0. The third kappa shape index (κ3) is 3.03. The molecule has 3 rings (SSSR count). The zero-order chi connectivity index (χ0) is 15.7. The first kappa shape index (κ1) is 15.5. The van der Waals surface area contributed by atoms with Gasteiger partial charge in [-0.05, 0) is 18.8 Å². The molecule has 1 aliphatic carbocycles. The maximum absolute atomic E-state index is 12.8. The number of ether oxygens (including phenoxy) is 1. The number of carbonyl (C=O) groups is 1.